The number of thioether (sulfide) groups is 1. The Kier molecular flexibility index (Phi) is 8.81. The molecule has 13 heteroatoms. The number of hydrogen-bond donors (Lipinski definition) is 0. The summed E-state index contributed by atoms with van der Waals surface area (Å²) in [4.78, 5) is 28.2. The van der Waals surface area contributed by atoms with Crippen LogP contribution in [0.2, 0.25) is 0 Å². The molecule has 210 valence electrons. The summed E-state index contributed by atoms with van der Waals surface area (Å²) >= 11 is 6.24. The summed E-state index contributed by atoms with van der Waals surface area (Å²) in [6.07, 6.45) is -1.15. The van der Waals surface area contributed by atoms with Gasteiger partial charge >= 0.3 is 12.1 Å². The lowest BCUT2D eigenvalue weighted by Gasteiger charge is -2.33. The number of hydrogen-bond acceptors (Lipinski definition) is 9. The second-order valence-electron chi connectivity index (χ2n) is 8.95. The highest BCUT2D eigenvalue weighted by Gasteiger charge is 2.30. The van der Waals surface area contributed by atoms with Gasteiger partial charge in [-0.2, -0.15) is 13.2 Å². The van der Waals surface area contributed by atoms with Crippen molar-refractivity contribution in [1.82, 2.24) is 15.0 Å². The van der Waals surface area contributed by atoms with Crippen LogP contribution < -0.4 is 9.64 Å². The van der Waals surface area contributed by atoms with Gasteiger partial charge in [0.15, 0.2) is 14.8 Å². The van der Waals surface area contributed by atoms with Gasteiger partial charge in [-0.25, -0.2) is 15.0 Å². The van der Waals surface area contributed by atoms with Gasteiger partial charge in [-0.05, 0) is 58.2 Å². The van der Waals surface area contributed by atoms with E-state index in [1.807, 2.05) is 18.2 Å². The maximum atomic E-state index is 12.9. The van der Waals surface area contributed by atoms with Crippen molar-refractivity contribution < 1.29 is 27.4 Å². The van der Waals surface area contributed by atoms with Gasteiger partial charge in [0.25, 0.3) is 0 Å². The average Bonchev–Trinajstić information content (AvgIpc) is 3.36. The van der Waals surface area contributed by atoms with E-state index in [0.29, 0.717) is 28.4 Å². The van der Waals surface area contributed by atoms with Gasteiger partial charge in [0.1, 0.15) is 17.7 Å². The number of carbonyl (C=O) groups excluding carboxylic acids is 1. The lowest BCUT2D eigenvalue weighted by Crippen LogP contribution is -2.38. The summed E-state index contributed by atoms with van der Waals surface area (Å²) < 4.78 is 51.5. The van der Waals surface area contributed by atoms with Crippen molar-refractivity contribution in [3.05, 3.63) is 58.7 Å². The van der Waals surface area contributed by atoms with Crippen LogP contribution in [0.5, 0.6) is 5.75 Å². The number of benzene rings is 2. The van der Waals surface area contributed by atoms with E-state index in [4.69, 9.17) is 14.5 Å². The molecule has 5 rings (SSSR count). The van der Waals surface area contributed by atoms with E-state index in [1.54, 1.807) is 13.1 Å². The van der Waals surface area contributed by atoms with Gasteiger partial charge in [0, 0.05) is 25.9 Å². The molecule has 1 fully saturated rings. The Bertz CT molecular complexity index is 1490. The molecule has 40 heavy (non-hydrogen) atoms. The second kappa shape index (κ2) is 12.3. The molecule has 1 aliphatic rings. The Balaban J connectivity index is 1.20. The van der Waals surface area contributed by atoms with E-state index < -0.39 is 11.7 Å². The fourth-order valence-corrected chi connectivity index (χ4v) is 6.33. The van der Waals surface area contributed by atoms with Crippen molar-refractivity contribution in [3.8, 4) is 16.9 Å². The third kappa shape index (κ3) is 6.87. The smallest absolute Gasteiger partial charge is 0.416 e. The van der Waals surface area contributed by atoms with E-state index in [-0.39, 0.29) is 17.8 Å². The molecule has 0 radical (unpaired) electrons. The first-order valence-electron chi connectivity index (χ1n) is 12.5. The maximum Gasteiger partial charge on any atom is 0.416 e. The molecule has 0 saturated carbocycles. The van der Waals surface area contributed by atoms with E-state index in [0.717, 1.165) is 58.3 Å². The third-order valence-electron chi connectivity index (χ3n) is 6.25. The molecule has 2 aromatic heterocycles. The number of ether oxygens (including phenoxy) is 2. The minimum Gasteiger partial charge on any atom is -0.489 e. The van der Waals surface area contributed by atoms with Crippen molar-refractivity contribution in [1.29, 1.82) is 0 Å². The number of carbonyl (C=O) groups is 1. The third-order valence-corrected chi connectivity index (χ3v) is 8.96. The Morgan fingerprint density at radius 2 is 1.85 bits per heavy atom. The van der Waals surface area contributed by atoms with Gasteiger partial charge in [0.05, 0.1) is 28.6 Å². The van der Waals surface area contributed by atoms with Crippen LogP contribution in [0.1, 0.15) is 25.3 Å². The fraction of sp³-hybridized carbons (Fsp3) is 0.333. The number of halogens is 4. The van der Waals surface area contributed by atoms with Crippen LogP contribution in [0.4, 0.5) is 19.0 Å². The lowest BCUT2D eigenvalue weighted by molar-refractivity contribution is -0.140. The predicted molar refractivity (Wildman–Crippen MR) is 153 cm³/mol. The van der Waals surface area contributed by atoms with Gasteiger partial charge < -0.3 is 14.4 Å². The first-order valence-corrected chi connectivity index (χ1v) is 15.1. The number of esters is 1. The highest BCUT2D eigenvalue weighted by atomic mass is 79.9. The zero-order valence-corrected chi connectivity index (χ0v) is 24.5. The quantitative estimate of drug-likeness (QED) is 0.146. The van der Waals surface area contributed by atoms with Crippen LogP contribution in [0.15, 0.2) is 57.5 Å². The zero-order chi connectivity index (χ0) is 28.3. The number of fused-ring (bicyclic) bond motifs is 1. The molecule has 0 amide bonds. The number of rotatable bonds is 8. The Labute approximate surface area is 245 Å². The highest BCUT2D eigenvalue weighted by molar-refractivity contribution is 9.10. The summed E-state index contributed by atoms with van der Waals surface area (Å²) in [7, 11) is 0. The summed E-state index contributed by atoms with van der Waals surface area (Å²) in [6.45, 7) is 3.57. The molecule has 3 heterocycles. The Morgan fingerprint density at radius 3 is 2.55 bits per heavy atom. The van der Waals surface area contributed by atoms with Gasteiger partial charge in [-0.15, -0.1) is 0 Å². The summed E-state index contributed by atoms with van der Waals surface area (Å²) in [6, 6.07) is 10.6. The number of thiazole rings is 1. The normalized spacial score (nSPS) is 14.5. The molecule has 2 aromatic carbocycles. The van der Waals surface area contributed by atoms with Crippen LogP contribution in [0.3, 0.4) is 0 Å². The largest absolute Gasteiger partial charge is 0.489 e. The topological polar surface area (TPSA) is 77.4 Å². The average molecular weight is 654 g/mol. The SMILES string of the molecule is CCOC(=O)CSc1nc2ncc(N3CCC(Oc4cc(-c5ccc(C(F)(F)F)cc5)ccc4Br)CC3)nc2s1. The van der Waals surface area contributed by atoms with Crippen molar-refractivity contribution in [2.45, 2.75) is 36.4 Å². The molecule has 1 aliphatic heterocycles. The Morgan fingerprint density at radius 1 is 1.12 bits per heavy atom. The van der Waals surface area contributed by atoms with E-state index in [1.165, 1.54) is 35.2 Å². The number of nitrogens with zero attached hydrogens (tertiary/aromatic N) is 4. The molecule has 0 aliphatic carbocycles. The first kappa shape index (κ1) is 28.6. The molecule has 0 bridgehead atoms. The minimum atomic E-state index is -4.37. The van der Waals surface area contributed by atoms with Crippen molar-refractivity contribution in [2.24, 2.45) is 0 Å². The molecular weight excluding hydrogens is 629 g/mol. The van der Waals surface area contributed by atoms with Crippen LogP contribution in [-0.4, -0.2) is 52.5 Å². The first-order chi connectivity index (χ1) is 19.2. The molecule has 1 saturated heterocycles. The van der Waals surface area contributed by atoms with Crippen molar-refractivity contribution in [3.63, 3.8) is 0 Å². The molecule has 0 unspecified atom stereocenters. The number of piperidine rings is 1. The summed E-state index contributed by atoms with van der Waals surface area (Å²) in [5.41, 5.74) is 1.33. The lowest BCUT2D eigenvalue weighted by atomic mass is 10.0. The number of anilines is 1. The molecule has 4 aromatic rings. The second-order valence-corrected chi connectivity index (χ2v) is 12.0. The number of alkyl halides is 3. The van der Waals surface area contributed by atoms with Gasteiger partial charge in [0.2, 0.25) is 0 Å². The van der Waals surface area contributed by atoms with E-state index in [2.05, 4.69) is 30.8 Å². The summed E-state index contributed by atoms with van der Waals surface area (Å²) in [5, 5.41) is 0. The van der Waals surface area contributed by atoms with Crippen LogP contribution in [0, 0.1) is 0 Å². The standard InChI is InChI=1S/C27H24BrF3N4O3S2/c1-2-37-23(36)15-39-26-34-24-25(40-26)33-22(14-32-24)35-11-9-19(10-12-35)38-21-13-17(5-8-20(21)28)16-3-6-18(7-4-16)27(29,30)31/h3-8,13-14,19H,2,9-12,15H2,1H3. The highest BCUT2D eigenvalue weighted by Crippen LogP contribution is 2.35. The van der Waals surface area contributed by atoms with Crippen molar-refractivity contribution in [2.75, 3.05) is 30.3 Å². The predicted octanol–water partition coefficient (Wildman–Crippen LogP) is 7.24. The minimum absolute atomic E-state index is 0.0265. The van der Waals surface area contributed by atoms with Gasteiger partial charge in [-0.1, -0.05) is 41.3 Å². The molecule has 0 atom stereocenters. The summed E-state index contributed by atoms with van der Waals surface area (Å²) in [5.74, 6) is 1.32. The molecular formula is C27H24BrF3N4O3S2. The van der Waals surface area contributed by atoms with E-state index in [9.17, 15) is 18.0 Å². The van der Waals surface area contributed by atoms with Crippen LogP contribution in [-0.2, 0) is 15.7 Å². The monoisotopic (exact) mass is 652 g/mol. The van der Waals surface area contributed by atoms with Crippen LogP contribution in [0.25, 0.3) is 21.6 Å². The molecule has 0 N–H and O–H groups in total. The number of aromatic nitrogens is 3. The fourth-order valence-electron chi connectivity index (χ4n) is 4.24. The molecule has 7 nitrogen and oxygen atoms in total. The van der Waals surface area contributed by atoms with Gasteiger partial charge in [-0.3, -0.25) is 4.79 Å². The zero-order valence-electron chi connectivity index (χ0n) is 21.3. The van der Waals surface area contributed by atoms with Crippen LogP contribution >= 0.6 is 39.0 Å². The Hall–Kier alpha value is -2.90. The van der Waals surface area contributed by atoms with E-state index >= 15 is 0 Å². The molecule has 0 spiro atoms. The van der Waals surface area contributed by atoms with Crippen molar-refractivity contribution >= 4 is 61.3 Å². The maximum absolute atomic E-state index is 12.9.